The minimum Gasteiger partial charge on any atom is -0.326 e. The van der Waals surface area contributed by atoms with E-state index in [4.69, 9.17) is 0 Å². The summed E-state index contributed by atoms with van der Waals surface area (Å²) in [5.74, 6) is 0.0465. The summed E-state index contributed by atoms with van der Waals surface area (Å²) in [6.45, 7) is 13.5. The zero-order valence-corrected chi connectivity index (χ0v) is 13.6. The lowest BCUT2D eigenvalue weighted by Crippen LogP contribution is -2.37. The fraction of sp³-hybridized carbons (Fsp3) is 0.588. The molecule has 20 heavy (non-hydrogen) atoms. The SMILES string of the molecule is CC(C)(C)NCCC(=O)Nc1ccc(C(C)(C)C)cc1. The Morgan fingerprint density at radius 2 is 1.55 bits per heavy atom. The monoisotopic (exact) mass is 276 g/mol. The molecule has 0 spiro atoms. The maximum atomic E-state index is 11.8. The normalized spacial score (nSPS) is 12.3. The van der Waals surface area contributed by atoms with Crippen molar-refractivity contribution in [1.29, 1.82) is 0 Å². The zero-order valence-electron chi connectivity index (χ0n) is 13.6. The number of carbonyl (C=O) groups is 1. The summed E-state index contributed by atoms with van der Waals surface area (Å²) in [5, 5.41) is 6.23. The number of nitrogens with one attached hydrogen (secondary N) is 2. The molecule has 112 valence electrons. The van der Waals surface area contributed by atoms with Crippen LogP contribution in [0.1, 0.15) is 53.5 Å². The second-order valence-corrected chi connectivity index (χ2v) is 7.30. The summed E-state index contributed by atoms with van der Waals surface area (Å²) >= 11 is 0. The molecule has 0 radical (unpaired) electrons. The number of hydrogen-bond acceptors (Lipinski definition) is 2. The highest BCUT2D eigenvalue weighted by Crippen LogP contribution is 2.23. The Bertz CT molecular complexity index is 436. The molecule has 1 aromatic carbocycles. The van der Waals surface area contributed by atoms with Crippen molar-refractivity contribution in [2.45, 2.75) is 58.9 Å². The molecule has 0 atom stereocenters. The van der Waals surface area contributed by atoms with Gasteiger partial charge in [-0.25, -0.2) is 0 Å². The van der Waals surface area contributed by atoms with Gasteiger partial charge in [0.25, 0.3) is 0 Å². The molecule has 2 N–H and O–H groups in total. The van der Waals surface area contributed by atoms with Crippen LogP contribution in [0.3, 0.4) is 0 Å². The van der Waals surface area contributed by atoms with Gasteiger partial charge in [0, 0.05) is 24.2 Å². The molecule has 0 aliphatic rings. The van der Waals surface area contributed by atoms with Crippen LogP contribution in [0.2, 0.25) is 0 Å². The van der Waals surface area contributed by atoms with E-state index in [9.17, 15) is 4.79 Å². The average Bonchev–Trinajstić information content (AvgIpc) is 2.26. The first kappa shape index (κ1) is 16.7. The molecular weight excluding hydrogens is 248 g/mol. The standard InChI is InChI=1S/C17H28N2O/c1-16(2,3)13-7-9-14(10-8-13)19-15(20)11-12-18-17(4,5)6/h7-10,18H,11-12H2,1-6H3,(H,19,20). The molecule has 0 unspecified atom stereocenters. The van der Waals surface area contributed by atoms with E-state index in [-0.39, 0.29) is 16.9 Å². The van der Waals surface area contributed by atoms with Crippen LogP contribution in [0.15, 0.2) is 24.3 Å². The Morgan fingerprint density at radius 3 is 2.00 bits per heavy atom. The second kappa shape index (κ2) is 6.40. The molecule has 3 heteroatoms. The van der Waals surface area contributed by atoms with Crippen LogP contribution in [-0.4, -0.2) is 18.0 Å². The van der Waals surface area contributed by atoms with Crippen LogP contribution >= 0.6 is 0 Å². The summed E-state index contributed by atoms with van der Waals surface area (Å²) < 4.78 is 0. The van der Waals surface area contributed by atoms with E-state index >= 15 is 0 Å². The van der Waals surface area contributed by atoms with E-state index in [0.29, 0.717) is 13.0 Å². The number of amides is 1. The quantitative estimate of drug-likeness (QED) is 0.880. The highest BCUT2D eigenvalue weighted by atomic mass is 16.1. The summed E-state index contributed by atoms with van der Waals surface area (Å²) in [4.78, 5) is 11.8. The Labute approximate surface area is 123 Å². The molecule has 0 aliphatic carbocycles. The third-order valence-corrected chi connectivity index (χ3v) is 3.04. The smallest absolute Gasteiger partial charge is 0.225 e. The van der Waals surface area contributed by atoms with Crippen LogP contribution in [-0.2, 0) is 10.2 Å². The molecular formula is C17H28N2O. The van der Waals surface area contributed by atoms with Crippen LogP contribution in [0.25, 0.3) is 0 Å². The maximum Gasteiger partial charge on any atom is 0.225 e. The molecule has 3 nitrogen and oxygen atoms in total. The highest BCUT2D eigenvalue weighted by molar-refractivity contribution is 5.90. The van der Waals surface area contributed by atoms with Gasteiger partial charge in [0.1, 0.15) is 0 Å². The van der Waals surface area contributed by atoms with E-state index < -0.39 is 0 Å². The molecule has 1 aromatic rings. The number of rotatable bonds is 4. The Morgan fingerprint density at radius 1 is 1.00 bits per heavy atom. The van der Waals surface area contributed by atoms with Gasteiger partial charge in [0.2, 0.25) is 5.91 Å². The van der Waals surface area contributed by atoms with Crippen LogP contribution in [0.4, 0.5) is 5.69 Å². The molecule has 0 saturated carbocycles. The number of anilines is 1. The van der Waals surface area contributed by atoms with Gasteiger partial charge in [0.05, 0.1) is 0 Å². The largest absolute Gasteiger partial charge is 0.326 e. The van der Waals surface area contributed by atoms with Crippen molar-refractivity contribution < 1.29 is 4.79 Å². The Balaban J connectivity index is 2.47. The van der Waals surface area contributed by atoms with Crippen LogP contribution < -0.4 is 10.6 Å². The summed E-state index contributed by atoms with van der Waals surface area (Å²) in [5.41, 5.74) is 2.32. The van der Waals surface area contributed by atoms with E-state index in [0.717, 1.165) is 5.69 Å². The maximum absolute atomic E-state index is 11.8. The summed E-state index contributed by atoms with van der Waals surface area (Å²) in [6, 6.07) is 8.08. The predicted molar refractivity (Wildman–Crippen MR) is 86.1 cm³/mol. The fourth-order valence-corrected chi connectivity index (χ4v) is 1.83. The summed E-state index contributed by atoms with van der Waals surface area (Å²) in [6.07, 6.45) is 0.484. The topological polar surface area (TPSA) is 41.1 Å². The van der Waals surface area contributed by atoms with Crippen molar-refractivity contribution in [2.24, 2.45) is 0 Å². The number of benzene rings is 1. The lowest BCUT2D eigenvalue weighted by atomic mass is 9.87. The van der Waals surface area contributed by atoms with Gasteiger partial charge in [-0.15, -0.1) is 0 Å². The third-order valence-electron chi connectivity index (χ3n) is 3.04. The fourth-order valence-electron chi connectivity index (χ4n) is 1.83. The van der Waals surface area contributed by atoms with Gasteiger partial charge in [-0.1, -0.05) is 32.9 Å². The van der Waals surface area contributed by atoms with Gasteiger partial charge < -0.3 is 10.6 Å². The number of hydrogen-bond donors (Lipinski definition) is 2. The molecule has 1 rings (SSSR count). The average molecular weight is 276 g/mol. The number of carbonyl (C=O) groups excluding carboxylic acids is 1. The van der Waals surface area contributed by atoms with Crippen molar-refractivity contribution in [3.05, 3.63) is 29.8 Å². The van der Waals surface area contributed by atoms with Gasteiger partial charge in [-0.05, 0) is 43.9 Å². The second-order valence-electron chi connectivity index (χ2n) is 7.30. The van der Waals surface area contributed by atoms with Crippen LogP contribution in [0.5, 0.6) is 0 Å². The molecule has 0 aliphatic heterocycles. The van der Waals surface area contributed by atoms with Crippen molar-refractivity contribution in [1.82, 2.24) is 5.32 Å². The summed E-state index contributed by atoms with van der Waals surface area (Å²) in [7, 11) is 0. The molecule has 0 fully saturated rings. The Hall–Kier alpha value is -1.35. The minimum atomic E-state index is 0.0465. The third kappa shape index (κ3) is 6.20. The zero-order chi connectivity index (χ0) is 15.4. The first-order valence-electron chi connectivity index (χ1n) is 7.23. The van der Waals surface area contributed by atoms with Gasteiger partial charge in [0.15, 0.2) is 0 Å². The predicted octanol–water partition coefficient (Wildman–Crippen LogP) is 3.70. The van der Waals surface area contributed by atoms with Crippen molar-refractivity contribution in [3.63, 3.8) is 0 Å². The Kier molecular flexibility index (Phi) is 5.35. The lowest BCUT2D eigenvalue weighted by Gasteiger charge is -2.20. The van der Waals surface area contributed by atoms with E-state index in [1.807, 2.05) is 12.1 Å². The molecule has 0 aromatic heterocycles. The van der Waals surface area contributed by atoms with Gasteiger partial charge in [-0.3, -0.25) is 4.79 Å². The van der Waals surface area contributed by atoms with E-state index in [2.05, 4.69) is 64.3 Å². The van der Waals surface area contributed by atoms with E-state index in [1.54, 1.807) is 0 Å². The molecule has 0 saturated heterocycles. The van der Waals surface area contributed by atoms with Crippen LogP contribution in [0, 0.1) is 0 Å². The van der Waals surface area contributed by atoms with Crippen molar-refractivity contribution in [3.8, 4) is 0 Å². The lowest BCUT2D eigenvalue weighted by molar-refractivity contribution is -0.116. The molecule has 0 heterocycles. The molecule has 1 amide bonds. The van der Waals surface area contributed by atoms with Crippen molar-refractivity contribution in [2.75, 3.05) is 11.9 Å². The van der Waals surface area contributed by atoms with Gasteiger partial charge >= 0.3 is 0 Å². The van der Waals surface area contributed by atoms with Crippen molar-refractivity contribution >= 4 is 11.6 Å². The first-order chi connectivity index (χ1) is 9.08. The van der Waals surface area contributed by atoms with Gasteiger partial charge in [-0.2, -0.15) is 0 Å². The molecule has 0 bridgehead atoms. The first-order valence-corrected chi connectivity index (χ1v) is 7.23. The highest BCUT2D eigenvalue weighted by Gasteiger charge is 2.13. The van der Waals surface area contributed by atoms with E-state index in [1.165, 1.54) is 5.56 Å². The minimum absolute atomic E-state index is 0.0465.